The van der Waals surface area contributed by atoms with Crippen LogP contribution in [0.5, 0.6) is 5.75 Å². The summed E-state index contributed by atoms with van der Waals surface area (Å²) in [4.78, 5) is 11.6. The zero-order valence-corrected chi connectivity index (χ0v) is 12.7. The van der Waals surface area contributed by atoms with Crippen LogP contribution in [0.4, 0.5) is 4.39 Å². The van der Waals surface area contributed by atoms with E-state index in [4.69, 9.17) is 4.74 Å². The van der Waals surface area contributed by atoms with E-state index in [2.05, 4.69) is 0 Å². The van der Waals surface area contributed by atoms with Crippen LogP contribution < -0.4 is 4.74 Å². The summed E-state index contributed by atoms with van der Waals surface area (Å²) in [6.45, 7) is 4.09. The molecule has 22 heavy (non-hydrogen) atoms. The molecule has 0 heterocycles. The Morgan fingerprint density at radius 1 is 1.27 bits per heavy atom. The molecule has 3 nitrogen and oxygen atoms in total. The first-order valence-electron chi connectivity index (χ1n) is 7.22. The fraction of sp³-hybridized carbons (Fsp3) is 0.278. The molecule has 0 radical (unpaired) electrons. The van der Waals surface area contributed by atoms with Crippen molar-refractivity contribution < 1.29 is 19.0 Å². The van der Waals surface area contributed by atoms with Crippen LogP contribution in [0.3, 0.4) is 0 Å². The van der Waals surface area contributed by atoms with Gasteiger partial charge in [0.2, 0.25) is 0 Å². The molecule has 0 saturated heterocycles. The molecule has 0 aliphatic carbocycles. The lowest BCUT2D eigenvalue weighted by Crippen LogP contribution is -2.15. The van der Waals surface area contributed by atoms with Gasteiger partial charge < -0.3 is 9.84 Å². The van der Waals surface area contributed by atoms with Crippen molar-refractivity contribution in [2.24, 2.45) is 0 Å². The van der Waals surface area contributed by atoms with E-state index in [1.807, 2.05) is 31.2 Å². The first kappa shape index (κ1) is 16.0. The standard InChI is InChI=1S/C18H19FO3/c1-3-22-15-6-4-5-13(9-15)10-16(18(20)21)14-8-7-12(2)17(19)11-14/h4-9,11,16H,3,10H2,1-2H3,(H,20,21). The summed E-state index contributed by atoms with van der Waals surface area (Å²) in [5, 5.41) is 9.47. The maximum Gasteiger partial charge on any atom is 0.311 e. The molecule has 2 rings (SSSR count). The Morgan fingerprint density at radius 3 is 2.68 bits per heavy atom. The Kier molecular flexibility index (Phi) is 5.15. The fourth-order valence-corrected chi connectivity index (χ4v) is 2.34. The number of carboxylic acids is 1. The summed E-state index contributed by atoms with van der Waals surface area (Å²) in [6.07, 6.45) is 0.290. The normalized spacial score (nSPS) is 12.0. The summed E-state index contributed by atoms with van der Waals surface area (Å²) in [6, 6.07) is 11.9. The average Bonchev–Trinajstić information content (AvgIpc) is 2.48. The lowest BCUT2D eigenvalue weighted by molar-refractivity contribution is -0.138. The summed E-state index contributed by atoms with van der Waals surface area (Å²) in [7, 11) is 0. The average molecular weight is 302 g/mol. The third kappa shape index (κ3) is 3.85. The summed E-state index contributed by atoms with van der Waals surface area (Å²) < 4.78 is 19.1. The molecule has 0 fully saturated rings. The fourth-order valence-electron chi connectivity index (χ4n) is 2.34. The molecule has 0 spiro atoms. The second kappa shape index (κ2) is 7.07. The summed E-state index contributed by atoms with van der Waals surface area (Å²) in [5.41, 5.74) is 1.82. The topological polar surface area (TPSA) is 46.5 Å². The lowest BCUT2D eigenvalue weighted by Gasteiger charge is -2.14. The van der Waals surface area contributed by atoms with Gasteiger partial charge in [0.05, 0.1) is 12.5 Å². The van der Waals surface area contributed by atoms with Crippen molar-refractivity contribution in [1.29, 1.82) is 0 Å². The van der Waals surface area contributed by atoms with Crippen LogP contribution in [0.15, 0.2) is 42.5 Å². The van der Waals surface area contributed by atoms with Crippen LogP contribution in [-0.2, 0) is 11.2 Å². The number of aliphatic carboxylic acids is 1. The van der Waals surface area contributed by atoms with Gasteiger partial charge in [0.1, 0.15) is 11.6 Å². The van der Waals surface area contributed by atoms with Crippen LogP contribution in [-0.4, -0.2) is 17.7 Å². The Labute approximate surface area is 129 Å². The van der Waals surface area contributed by atoms with Crippen LogP contribution >= 0.6 is 0 Å². The molecule has 1 atom stereocenters. The molecular weight excluding hydrogens is 283 g/mol. The number of benzene rings is 2. The molecule has 0 aliphatic rings. The minimum absolute atomic E-state index is 0.290. The van der Waals surface area contributed by atoms with Gasteiger partial charge in [0, 0.05) is 0 Å². The second-order valence-corrected chi connectivity index (χ2v) is 5.18. The highest BCUT2D eigenvalue weighted by Crippen LogP contribution is 2.25. The van der Waals surface area contributed by atoms with Gasteiger partial charge in [-0.3, -0.25) is 4.79 Å². The number of hydrogen-bond acceptors (Lipinski definition) is 2. The Hall–Kier alpha value is -2.36. The number of ether oxygens (including phenoxy) is 1. The van der Waals surface area contributed by atoms with Crippen molar-refractivity contribution >= 4 is 5.97 Å². The number of rotatable bonds is 6. The van der Waals surface area contributed by atoms with Crippen LogP contribution in [0.2, 0.25) is 0 Å². The zero-order chi connectivity index (χ0) is 16.1. The smallest absolute Gasteiger partial charge is 0.311 e. The summed E-state index contributed by atoms with van der Waals surface area (Å²) in [5.74, 6) is -1.43. The van der Waals surface area contributed by atoms with E-state index in [9.17, 15) is 14.3 Å². The van der Waals surface area contributed by atoms with E-state index < -0.39 is 11.9 Å². The molecule has 0 aliphatic heterocycles. The van der Waals surface area contributed by atoms with Gasteiger partial charge in [0.15, 0.2) is 0 Å². The quantitative estimate of drug-likeness (QED) is 0.879. The molecule has 0 amide bonds. The van der Waals surface area contributed by atoms with Crippen LogP contribution in [0.25, 0.3) is 0 Å². The van der Waals surface area contributed by atoms with Crippen molar-refractivity contribution in [3.05, 3.63) is 65.0 Å². The van der Waals surface area contributed by atoms with E-state index >= 15 is 0 Å². The highest BCUT2D eigenvalue weighted by atomic mass is 19.1. The predicted molar refractivity (Wildman–Crippen MR) is 82.8 cm³/mol. The highest BCUT2D eigenvalue weighted by Gasteiger charge is 2.21. The van der Waals surface area contributed by atoms with E-state index in [1.165, 1.54) is 6.07 Å². The predicted octanol–water partition coefficient (Wildman–Crippen LogP) is 3.94. The maximum absolute atomic E-state index is 13.7. The van der Waals surface area contributed by atoms with E-state index in [1.54, 1.807) is 19.1 Å². The molecule has 4 heteroatoms. The number of carbonyl (C=O) groups is 1. The van der Waals surface area contributed by atoms with Crippen LogP contribution in [0.1, 0.15) is 29.5 Å². The Balaban J connectivity index is 2.27. The third-order valence-electron chi connectivity index (χ3n) is 3.55. The number of aryl methyl sites for hydroxylation is 1. The lowest BCUT2D eigenvalue weighted by atomic mass is 9.91. The third-order valence-corrected chi connectivity index (χ3v) is 3.55. The highest BCUT2D eigenvalue weighted by molar-refractivity contribution is 5.76. The molecule has 0 saturated carbocycles. The molecule has 0 bridgehead atoms. The van der Waals surface area contributed by atoms with Crippen molar-refractivity contribution in [1.82, 2.24) is 0 Å². The van der Waals surface area contributed by atoms with Gasteiger partial charge >= 0.3 is 5.97 Å². The van der Waals surface area contributed by atoms with Gasteiger partial charge in [-0.15, -0.1) is 0 Å². The van der Waals surface area contributed by atoms with E-state index in [0.717, 1.165) is 5.56 Å². The molecule has 0 aromatic heterocycles. The minimum Gasteiger partial charge on any atom is -0.494 e. The van der Waals surface area contributed by atoms with Crippen molar-refractivity contribution in [2.75, 3.05) is 6.61 Å². The molecule has 116 valence electrons. The summed E-state index contributed by atoms with van der Waals surface area (Å²) >= 11 is 0. The maximum atomic E-state index is 13.7. The largest absolute Gasteiger partial charge is 0.494 e. The molecule has 1 unspecified atom stereocenters. The molecular formula is C18H19FO3. The zero-order valence-electron chi connectivity index (χ0n) is 12.7. The van der Waals surface area contributed by atoms with Gasteiger partial charge in [0.25, 0.3) is 0 Å². The van der Waals surface area contributed by atoms with Crippen molar-refractivity contribution in [3.8, 4) is 5.75 Å². The van der Waals surface area contributed by atoms with E-state index in [-0.39, 0.29) is 5.82 Å². The molecule has 1 N–H and O–H groups in total. The molecule has 2 aromatic carbocycles. The van der Waals surface area contributed by atoms with Crippen molar-refractivity contribution in [3.63, 3.8) is 0 Å². The number of hydrogen-bond donors (Lipinski definition) is 1. The van der Waals surface area contributed by atoms with Gasteiger partial charge in [-0.2, -0.15) is 0 Å². The molecule has 2 aromatic rings. The SMILES string of the molecule is CCOc1cccc(CC(C(=O)O)c2ccc(C)c(F)c2)c1. The minimum atomic E-state index is -0.968. The first-order chi connectivity index (χ1) is 10.5. The van der Waals surface area contributed by atoms with E-state index in [0.29, 0.717) is 29.9 Å². The van der Waals surface area contributed by atoms with Gasteiger partial charge in [-0.05, 0) is 55.2 Å². The Bertz CT molecular complexity index is 667. The number of halogens is 1. The first-order valence-corrected chi connectivity index (χ1v) is 7.22. The van der Waals surface area contributed by atoms with Gasteiger partial charge in [-0.1, -0.05) is 24.3 Å². The van der Waals surface area contributed by atoms with Crippen LogP contribution in [0, 0.1) is 12.7 Å². The second-order valence-electron chi connectivity index (χ2n) is 5.18. The monoisotopic (exact) mass is 302 g/mol. The number of carboxylic acid groups (broad SMARTS) is 1. The van der Waals surface area contributed by atoms with Gasteiger partial charge in [-0.25, -0.2) is 4.39 Å². The Morgan fingerprint density at radius 2 is 2.05 bits per heavy atom. The van der Waals surface area contributed by atoms with Crippen molar-refractivity contribution in [2.45, 2.75) is 26.2 Å².